The van der Waals surface area contributed by atoms with Gasteiger partial charge in [0.1, 0.15) is 5.82 Å². The zero-order valence-electron chi connectivity index (χ0n) is 5.74. The monoisotopic (exact) mass is 217 g/mol. The Morgan fingerprint density at radius 1 is 1.55 bits per heavy atom. The molecule has 1 aromatic heterocycles. The van der Waals surface area contributed by atoms with Crippen molar-refractivity contribution in [3.8, 4) is 0 Å². The van der Waals surface area contributed by atoms with Crippen LogP contribution in [-0.2, 0) is 0 Å². The molecular formula is C6H8BrN3O. The van der Waals surface area contributed by atoms with E-state index in [1.165, 1.54) is 0 Å². The molecule has 3 N–H and O–H groups in total. The molecule has 0 radical (unpaired) electrons. The van der Waals surface area contributed by atoms with Crippen LogP contribution in [0.4, 0.5) is 0 Å². The summed E-state index contributed by atoms with van der Waals surface area (Å²) in [6, 6.07) is -0.483. The standard InChI is InChI=1S/C6H8BrN3O/c7-4-1-9-6(10-2-4)5(8)3-11/h1-2,5,11H,3,8H2. The van der Waals surface area contributed by atoms with E-state index in [9.17, 15) is 0 Å². The molecule has 0 bridgehead atoms. The normalized spacial score (nSPS) is 13.0. The first kappa shape index (κ1) is 8.58. The third-order valence-electron chi connectivity index (χ3n) is 1.17. The topological polar surface area (TPSA) is 72.0 Å². The lowest BCUT2D eigenvalue weighted by molar-refractivity contribution is 0.263. The molecular weight excluding hydrogens is 210 g/mol. The van der Waals surface area contributed by atoms with Gasteiger partial charge in [-0.05, 0) is 15.9 Å². The van der Waals surface area contributed by atoms with Crippen LogP contribution in [-0.4, -0.2) is 21.7 Å². The Bertz CT molecular complexity index is 226. The largest absolute Gasteiger partial charge is 0.394 e. The third kappa shape index (κ3) is 2.21. The maximum absolute atomic E-state index is 8.64. The van der Waals surface area contributed by atoms with Crippen molar-refractivity contribution in [3.05, 3.63) is 22.7 Å². The van der Waals surface area contributed by atoms with Crippen LogP contribution in [0.3, 0.4) is 0 Å². The fourth-order valence-electron chi connectivity index (χ4n) is 0.595. The summed E-state index contributed by atoms with van der Waals surface area (Å²) in [4.78, 5) is 7.81. The van der Waals surface area contributed by atoms with Gasteiger partial charge in [0.2, 0.25) is 0 Å². The number of halogens is 1. The number of aliphatic hydroxyl groups is 1. The SMILES string of the molecule is NC(CO)c1ncc(Br)cn1. The van der Waals surface area contributed by atoms with E-state index in [2.05, 4.69) is 25.9 Å². The van der Waals surface area contributed by atoms with Gasteiger partial charge < -0.3 is 10.8 Å². The molecule has 0 saturated carbocycles. The van der Waals surface area contributed by atoms with Crippen molar-refractivity contribution >= 4 is 15.9 Å². The van der Waals surface area contributed by atoms with Crippen molar-refractivity contribution in [2.45, 2.75) is 6.04 Å². The number of aliphatic hydroxyl groups excluding tert-OH is 1. The van der Waals surface area contributed by atoms with Crippen LogP contribution in [0.2, 0.25) is 0 Å². The van der Waals surface area contributed by atoms with Gasteiger partial charge in [-0.2, -0.15) is 0 Å². The quantitative estimate of drug-likeness (QED) is 0.745. The lowest BCUT2D eigenvalue weighted by Gasteiger charge is -2.04. The number of nitrogens with two attached hydrogens (primary N) is 1. The van der Waals surface area contributed by atoms with Crippen molar-refractivity contribution in [1.29, 1.82) is 0 Å². The molecule has 1 unspecified atom stereocenters. The van der Waals surface area contributed by atoms with Crippen LogP contribution < -0.4 is 5.73 Å². The van der Waals surface area contributed by atoms with E-state index < -0.39 is 6.04 Å². The van der Waals surface area contributed by atoms with Crippen LogP contribution in [0.5, 0.6) is 0 Å². The second-order valence-corrected chi connectivity index (χ2v) is 2.96. The van der Waals surface area contributed by atoms with E-state index in [0.29, 0.717) is 5.82 Å². The molecule has 0 aliphatic rings. The molecule has 0 aliphatic carbocycles. The molecule has 0 fully saturated rings. The average Bonchev–Trinajstić information content (AvgIpc) is 2.05. The Kier molecular flexibility index (Phi) is 2.92. The lowest BCUT2D eigenvalue weighted by atomic mass is 10.3. The zero-order valence-corrected chi connectivity index (χ0v) is 7.32. The van der Waals surface area contributed by atoms with Crippen LogP contribution in [0.15, 0.2) is 16.9 Å². The first-order chi connectivity index (χ1) is 5.24. The summed E-state index contributed by atoms with van der Waals surface area (Å²) in [6.45, 7) is -0.137. The molecule has 0 aliphatic heterocycles. The number of hydrogen-bond donors (Lipinski definition) is 2. The van der Waals surface area contributed by atoms with E-state index in [1.54, 1.807) is 12.4 Å². The van der Waals surface area contributed by atoms with Gasteiger partial charge in [0.15, 0.2) is 0 Å². The van der Waals surface area contributed by atoms with Gasteiger partial charge in [0.05, 0.1) is 17.1 Å². The maximum Gasteiger partial charge on any atom is 0.147 e. The molecule has 5 heteroatoms. The van der Waals surface area contributed by atoms with Crippen molar-refractivity contribution in [2.24, 2.45) is 5.73 Å². The van der Waals surface area contributed by atoms with E-state index in [0.717, 1.165) is 4.47 Å². The maximum atomic E-state index is 8.64. The Morgan fingerprint density at radius 3 is 2.55 bits per heavy atom. The minimum atomic E-state index is -0.483. The third-order valence-corrected chi connectivity index (χ3v) is 1.58. The second kappa shape index (κ2) is 3.75. The predicted octanol–water partition coefficient (Wildman–Crippen LogP) is 0.231. The minimum absolute atomic E-state index is 0.137. The van der Waals surface area contributed by atoms with E-state index in [4.69, 9.17) is 10.8 Å². The smallest absolute Gasteiger partial charge is 0.147 e. The lowest BCUT2D eigenvalue weighted by Crippen LogP contribution is -2.17. The van der Waals surface area contributed by atoms with E-state index in [-0.39, 0.29) is 6.61 Å². The van der Waals surface area contributed by atoms with Crippen molar-refractivity contribution in [3.63, 3.8) is 0 Å². The molecule has 0 saturated heterocycles. The van der Waals surface area contributed by atoms with Crippen LogP contribution >= 0.6 is 15.9 Å². The molecule has 1 aromatic rings. The second-order valence-electron chi connectivity index (χ2n) is 2.05. The molecule has 11 heavy (non-hydrogen) atoms. The van der Waals surface area contributed by atoms with Crippen LogP contribution in [0.25, 0.3) is 0 Å². The summed E-state index contributed by atoms with van der Waals surface area (Å²) in [5.41, 5.74) is 5.45. The summed E-state index contributed by atoms with van der Waals surface area (Å²) in [7, 11) is 0. The number of rotatable bonds is 2. The summed E-state index contributed by atoms with van der Waals surface area (Å²) in [5.74, 6) is 0.454. The van der Waals surface area contributed by atoms with E-state index >= 15 is 0 Å². The summed E-state index contributed by atoms with van der Waals surface area (Å²) >= 11 is 3.19. The highest BCUT2D eigenvalue weighted by Crippen LogP contribution is 2.07. The van der Waals surface area contributed by atoms with Gasteiger partial charge in [-0.15, -0.1) is 0 Å². The molecule has 1 atom stereocenters. The zero-order chi connectivity index (χ0) is 8.27. The molecule has 0 amide bonds. The first-order valence-electron chi connectivity index (χ1n) is 3.08. The predicted molar refractivity (Wildman–Crippen MR) is 43.7 cm³/mol. The van der Waals surface area contributed by atoms with Gasteiger partial charge in [0.25, 0.3) is 0 Å². The molecule has 4 nitrogen and oxygen atoms in total. The Morgan fingerprint density at radius 2 is 2.09 bits per heavy atom. The van der Waals surface area contributed by atoms with E-state index in [1.807, 2.05) is 0 Å². The van der Waals surface area contributed by atoms with Gasteiger partial charge in [-0.3, -0.25) is 0 Å². The van der Waals surface area contributed by atoms with Crippen molar-refractivity contribution in [2.75, 3.05) is 6.61 Å². The highest BCUT2D eigenvalue weighted by atomic mass is 79.9. The Balaban J connectivity index is 2.81. The fourth-order valence-corrected chi connectivity index (χ4v) is 0.800. The van der Waals surface area contributed by atoms with Crippen molar-refractivity contribution < 1.29 is 5.11 Å². The average molecular weight is 218 g/mol. The van der Waals surface area contributed by atoms with Crippen LogP contribution in [0, 0.1) is 0 Å². The number of hydrogen-bond acceptors (Lipinski definition) is 4. The minimum Gasteiger partial charge on any atom is -0.394 e. The van der Waals surface area contributed by atoms with Gasteiger partial charge in [-0.25, -0.2) is 9.97 Å². The summed E-state index contributed by atoms with van der Waals surface area (Å²) in [5, 5.41) is 8.64. The molecule has 1 rings (SSSR count). The molecule has 1 heterocycles. The molecule has 0 aromatic carbocycles. The molecule has 60 valence electrons. The van der Waals surface area contributed by atoms with Crippen LogP contribution in [0.1, 0.15) is 11.9 Å². The summed E-state index contributed by atoms with van der Waals surface area (Å²) < 4.78 is 0.798. The first-order valence-corrected chi connectivity index (χ1v) is 3.87. The highest BCUT2D eigenvalue weighted by Gasteiger charge is 2.05. The Labute approximate surface area is 72.6 Å². The van der Waals surface area contributed by atoms with Crippen molar-refractivity contribution in [1.82, 2.24) is 9.97 Å². The Hall–Kier alpha value is -0.520. The number of aromatic nitrogens is 2. The number of nitrogens with zero attached hydrogens (tertiary/aromatic N) is 2. The highest BCUT2D eigenvalue weighted by molar-refractivity contribution is 9.10. The fraction of sp³-hybridized carbons (Fsp3) is 0.333. The van der Waals surface area contributed by atoms with Gasteiger partial charge >= 0.3 is 0 Å². The summed E-state index contributed by atoms with van der Waals surface area (Å²) in [6.07, 6.45) is 3.19. The van der Waals surface area contributed by atoms with Gasteiger partial charge in [-0.1, -0.05) is 0 Å². The molecule has 0 spiro atoms. The van der Waals surface area contributed by atoms with Gasteiger partial charge in [0, 0.05) is 12.4 Å².